The van der Waals surface area contributed by atoms with Crippen molar-refractivity contribution in [2.75, 3.05) is 20.6 Å². The summed E-state index contributed by atoms with van der Waals surface area (Å²) < 4.78 is 0. The van der Waals surface area contributed by atoms with Gasteiger partial charge in [0.15, 0.2) is 0 Å². The van der Waals surface area contributed by atoms with Gasteiger partial charge in [0.2, 0.25) is 11.6 Å². The molecule has 4 nitrogen and oxygen atoms in total. The number of allylic oxidation sites excluding steroid dienone is 3. The first-order valence-corrected chi connectivity index (χ1v) is 5.54. The van der Waals surface area contributed by atoms with Gasteiger partial charge in [-0.15, -0.1) is 0 Å². The Morgan fingerprint density at radius 3 is 2.62 bits per heavy atom. The van der Waals surface area contributed by atoms with Crippen molar-refractivity contribution in [1.82, 2.24) is 9.80 Å². The molecule has 0 bridgehead atoms. The monoisotopic (exact) mass is 218 g/mol. The predicted molar refractivity (Wildman–Crippen MR) is 58.5 cm³/mol. The van der Waals surface area contributed by atoms with Gasteiger partial charge in [0.25, 0.3) is 0 Å². The number of carbonyl (C=O) groups is 2. The number of rotatable bonds is 0. The van der Waals surface area contributed by atoms with E-state index in [1.165, 1.54) is 12.2 Å². The molecule has 1 aliphatic carbocycles. The zero-order valence-corrected chi connectivity index (χ0v) is 9.43. The number of hydrogen-bond donors (Lipinski definition) is 0. The lowest BCUT2D eigenvalue weighted by Gasteiger charge is -2.27. The number of carbonyl (C=O) groups excluding carboxylic acids is 2. The second kappa shape index (κ2) is 3.04. The molecule has 0 amide bonds. The summed E-state index contributed by atoms with van der Waals surface area (Å²) in [4.78, 5) is 27.2. The molecule has 84 valence electrons. The maximum Gasteiger partial charge on any atom is 0.227 e. The molecule has 0 unspecified atom stereocenters. The SMILES string of the molecule is CN1CC[C@H]2C3=CC(=O)C(=O)C=C3N(C)[C@@H]21. The largest absolute Gasteiger partial charge is 0.358 e. The van der Waals surface area contributed by atoms with Crippen LogP contribution in [0.25, 0.3) is 0 Å². The van der Waals surface area contributed by atoms with Crippen LogP contribution in [0.3, 0.4) is 0 Å². The van der Waals surface area contributed by atoms with Crippen LogP contribution in [-0.2, 0) is 9.59 Å². The van der Waals surface area contributed by atoms with E-state index in [0.717, 1.165) is 24.2 Å². The van der Waals surface area contributed by atoms with Crippen molar-refractivity contribution in [3.63, 3.8) is 0 Å². The molecule has 16 heavy (non-hydrogen) atoms. The van der Waals surface area contributed by atoms with Crippen molar-refractivity contribution in [2.24, 2.45) is 5.92 Å². The number of likely N-dealkylation sites (tertiary alicyclic amines) is 2. The van der Waals surface area contributed by atoms with E-state index in [1.54, 1.807) is 0 Å². The van der Waals surface area contributed by atoms with Gasteiger partial charge < -0.3 is 4.90 Å². The standard InChI is InChI=1S/C12H14N2O2/c1-13-4-3-7-8-5-10(15)11(16)6-9(8)14(2)12(7)13/h5-7,12H,3-4H2,1-2H3/t7-,12-/m0/s1. The molecule has 0 aromatic carbocycles. The number of likely N-dealkylation sites (N-methyl/N-ethyl adjacent to an activating group) is 1. The van der Waals surface area contributed by atoms with Crippen LogP contribution in [0.5, 0.6) is 0 Å². The summed E-state index contributed by atoms with van der Waals surface area (Å²) in [5.74, 6) is -0.381. The quantitative estimate of drug-likeness (QED) is 0.429. The van der Waals surface area contributed by atoms with E-state index in [9.17, 15) is 9.59 Å². The zero-order chi connectivity index (χ0) is 11.4. The highest BCUT2D eigenvalue weighted by Gasteiger charge is 2.46. The van der Waals surface area contributed by atoms with Gasteiger partial charge in [-0.2, -0.15) is 0 Å². The lowest BCUT2D eigenvalue weighted by molar-refractivity contribution is -0.131. The Kier molecular flexibility index (Phi) is 1.86. The van der Waals surface area contributed by atoms with Gasteiger partial charge in [0, 0.05) is 31.3 Å². The minimum Gasteiger partial charge on any atom is -0.358 e. The molecule has 0 aromatic rings. The summed E-state index contributed by atoms with van der Waals surface area (Å²) in [6.45, 7) is 1.05. The van der Waals surface area contributed by atoms with Gasteiger partial charge in [-0.1, -0.05) is 0 Å². The van der Waals surface area contributed by atoms with Crippen molar-refractivity contribution in [3.05, 3.63) is 23.4 Å². The van der Waals surface area contributed by atoms with Gasteiger partial charge in [0.1, 0.15) is 0 Å². The predicted octanol–water partition coefficient (Wildman–Crippen LogP) is 0.172. The van der Waals surface area contributed by atoms with Gasteiger partial charge in [0.05, 0.1) is 6.17 Å². The van der Waals surface area contributed by atoms with Crippen LogP contribution in [0.2, 0.25) is 0 Å². The topological polar surface area (TPSA) is 40.6 Å². The Morgan fingerprint density at radius 2 is 1.88 bits per heavy atom. The lowest BCUT2D eigenvalue weighted by Crippen LogP contribution is -2.37. The molecule has 3 rings (SSSR count). The van der Waals surface area contributed by atoms with Crippen molar-refractivity contribution < 1.29 is 9.59 Å². The molecule has 0 aromatic heterocycles. The molecular formula is C12H14N2O2. The fourth-order valence-corrected chi connectivity index (χ4v) is 3.12. The van der Waals surface area contributed by atoms with E-state index >= 15 is 0 Å². The Balaban J connectivity index is 2.08. The second-order valence-corrected chi connectivity index (χ2v) is 4.76. The molecule has 0 saturated carbocycles. The van der Waals surface area contributed by atoms with E-state index in [0.29, 0.717) is 12.1 Å². The first-order chi connectivity index (χ1) is 7.59. The highest BCUT2D eigenvalue weighted by atomic mass is 16.2. The van der Waals surface area contributed by atoms with E-state index in [4.69, 9.17) is 0 Å². The average Bonchev–Trinajstić information content (AvgIpc) is 2.73. The van der Waals surface area contributed by atoms with Crippen LogP contribution in [0.1, 0.15) is 6.42 Å². The van der Waals surface area contributed by atoms with Crippen LogP contribution in [0.4, 0.5) is 0 Å². The summed E-state index contributed by atoms with van der Waals surface area (Å²) in [7, 11) is 4.08. The first-order valence-electron chi connectivity index (χ1n) is 5.54. The molecule has 3 aliphatic rings. The molecule has 2 saturated heterocycles. The fourth-order valence-electron chi connectivity index (χ4n) is 3.12. The third-order valence-corrected chi connectivity index (χ3v) is 3.87. The molecule has 2 heterocycles. The maximum absolute atomic E-state index is 11.4. The Morgan fingerprint density at radius 1 is 1.19 bits per heavy atom. The van der Waals surface area contributed by atoms with E-state index in [1.807, 2.05) is 7.05 Å². The van der Waals surface area contributed by atoms with Gasteiger partial charge in [-0.05, 0) is 25.1 Å². The van der Waals surface area contributed by atoms with Gasteiger partial charge in [-0.25, -0.2) is 0 Å². The van der Waals surface area contributed by atoms with Crippen molar-refractivity contribution in [2.45, 2.75) is 12.6 Å². The third kappa shape index (κ3) is 1.08. The summed E-state index contributed by atoms with van der Waals surface area (Å²) in [5, 5.41) is 0. The van der Waals surface area contributed by atoms with E-state index < -0.39 is 5.78 Å². The van der Waals surface area contributed by atoms with E-state index in [-0.39, 0.29) is 5.78 Å². The smallest absolute Gasteiger partial charge is 0.227 e. The molecule has 4 heteroatoms. The summed E-state index contributed by atoms with van der Waals surface area (Å²) in [6, 6.07) is 0. The molecular weight excluding hydrogens is 204 g/mol. The Bertz CT molecular complexity index is 450. The summed E-state index contributed by atoms with van der Waals surface area (Å²) >= 11 is 0. The normalized spacial score (nSPS) is 33.8. The number of hydrogen-bond acceptors (Lipinski definition) is 4. The minimum atomic E-state index is -0.395. The van der Waals surface area contributed by atoms with Crippen LogP contribution < -0.4 is 0 Å². The number of fused-ring (bicyclic) bond motifs is 3. The Hall–Kier alpha value is -1.42. The fraction of sp³-hybridized carbons (Fsp3) is 0.500. The molecule has 2 aliphatic heterocycles. The number of ketones is 2. The number of nitrogens with zero attached hydrogens (tertiary/aromatic N) is 2. The summed E-state index contributed by atoms with van der Waals surface area (Å²) in [5.41, 5.74) is 1.99. The molecule has 0 N–H and O–H groups in total. The van der Waals surface area contributed by atoms with Gasteiger partial charge in [-0.3, -0.25) is 14.5 Å². The van der Waals surface area contributed by atoms with Crippen molar-refractivity contribution in [1.29, 1.82) is 0 Å². The highest BCUT2D eigenvalue weighted by molar-refractivity contribution is 6.46. The van der Waals surface area contributed by atoms with Gasteiger partial charge >= 0.3 is 0 Å². The van der Waals surface area contributed by atoms with E-state index in [2.05, 4.69) is 16.8 Å². The molecule has 0 radical (unpaired) electrons. The third-order valence-electron chi connectivity index (χ3n) is 3.87. The molecule has 2 fully saturated rings. The second-order valence-electron chi connectivity index (χ2n) is 4.76. The van der Waals surface area contributed by atoms with Crippen LogP contribution in [0, 0.1) is 5.92 Å². The highest BCUT2D eigenvalue weighted by Crippen LogP contribution is 2.44. The Labute approximate surface area is 94.2 Å². The van der Waals surface area contributed by atoms with Crippen LogP contribution >= 0.6 is 0 Å². The lowest BCUT2D eigenvalue weighted by atomic mass is 9.92. The molecule has 0 spiro atoms. The first kappa shape index (κ1) is 9.78. The molecule has 2 atom stereocenters. The van der Waals surface area contributed by atoms with Crippen LogP contribution in [-0.4, -0.2) is 48.2 Å². The summed E-state index contributed by atoms with van der Waals surface area (Å²) in [6.07, 6.45) is 4.41. The average molecular weight is 218 g/mol. The minimum absolute atomic E-state index is 0.316. The maximum atomic E-state index is 11.4. The van der Waals surface area contributed by atoms with Crippen LogP contribution in [0.15, 0.2) is 23.4 Å². The van der Waals surface area contributed by atoms with Crippen molar-refractivity contribution in [3.8, 4) is 0 Å². The zero-order valence-electron chi connectivity index (χ0n) is 9.43. The van der Waals surface area contributed by atoms with Crippen molar-refractivity contribution >= 4 is 11.6 Å².